The number of amides is 1. The lowest BCUT2D eigenvalue weighted by Crippen LogP contribution is -2.13. The van der Waals surface area contributed by atoms with Gasteiger partial charge in [-0.2, -0.15) is 0 Å². The Morgan fingerprint density at radius 3 is 2.52 bits per heavy atom. The summed E-state index contributed by atoms with van der Waals surface area (Å²) in [6.07, 6.45) is 1.16. The van der Waals surface area contributed by atoms with Gasteiger partial charge in [-0.15, -0.1) is 5.10 Å². The third-order valence-corrected chi connectivity index (χ3v) is 2.86. The van der Waals surface area contributed by atoms with Crippen molar-refractivity contribution in [2.75, 3.05) is 5.32 Å². The first-order valence-corrected chi connectivity index (χ1v) is 6.20. The first-order chi connectivity index (χ1) is 9.86. The lowest BCUT2D eigenvalue weighted by molar-refractivity contribution is -0.137. The van der Waals surface area contributed by atoms with E-state index in [1.54, 1.807) is 0 Å². The van der Waals surface area contributed by atoms with Crippen LogP contribution in [0.5, 0.6) is 0 Å². The van der Waals surface area contributed by atoms with Crippen LogP contribution in [0.2, 0.25) is 10.0 Å². The van der Waals surface area contributed by atoms with Crippen molar-refractivity contribution in [3.8, 4) is 0 Å². The minimum Gasteiger partial charge on any atom is -0.480 e. The van der Waals surface area contributed by atoms with E-state index in [4.69, 9.17) is 28.3 Å². The lowest BCUT2D eigenvalue weighted by atomic mass is 10.3. The number of carbonyl (C=O) groups is 2. The zero-order chi connectivity index (χ0) is 15.6. The number of nitrogens with one attached hydrogen (secondary N) is 1. The van der Waals surface area contributed by atoms with Crippen molar-refractivity contribution in [3.05, 3.63) is 39.9 Å². The number of carboxylic acid groups (broad SMARTS) is 1. The summed E-state index contributed by atoms with van der Waals surface area (Å²) in [4.78, 5) is 22.4. The molecular formula is C11H7Cl2FN4O3. The lowest BCUT2D eigenvalue weighted by Gasteiger charge is -2.05. The van der Waals surface area contributed by atoms with E-state index in [9.17, 15) is 14.0 Å². The number of aliphatic carboxylic acids is 1. The predicted molar refractivity (Wildman–Crippen MR) is 72.0 cm³/mol. The number of anilines is 1. The van der Waals surface area contributed by atoms with Crippen LogP contribution in [0, 0.1) is 5.82 Å². The van der Waals surface area contributed by atoms with Crippen LogP contribution in [-0.4, -0.2) is 32.0 Å². The monoisotopic (exact) mass is 332 g/mol. The SMILES string of the molecule is O=C(O)Cn1cc(C(=O)Nc2cc(Cl)c(F)c(Cl)c2)nn1. The van der Waals surface area contributed by atoms with Gasteiger partial charge in [0.15, 0.2) is 11.5 Å². The van der Waals surface area contributed by atoms with Gasteiger partial charge in [0.1, 0.15) is 6.54 Å². The number of hydrogen-bond acceptors (Lipinski definition) is 4. The van der Waals surface area contributed by atoms with Gasteiger partial charge in [0.05, 0.1) is 16.2 Å². The Labute approximate surface area is 127 Å². The first kappa shape index (κ1) is 15.2. The zero-order valence-corrected chi connectivity index (χ0v) is 11.7. The number of aromatic nitrogens is 3. The smallest absolute Gasteiger partial charge is 0.325 e. The minimum absolute atomic E-state index is 0.104. The standard InChI is InChI=1S/C11H7Cl2FN4O3/c12-6-1-5(2-7(13)10(6)14)15-11(21)8-3-18(17-16-8)4-9(19)20/h1-3H,4H2,(H,15,21)(H,19,20). The summed E-state index contributed by atoms with van der Waals surface area (Å²) in [5, 5.41) is 17.5. The largest absolute Gasteiger partial charge is 0.480 e. The van der Waals surface area contributed by atoms with Crippen molar-refractivity contribution in [2.45, 2.75) is 6.54 Å². The van der Waals surface area contributed by atoms with Crippen molar-refractivity contribution < 1.29 is 19.1 Å². The molecule has 1 aromatic carbocycles. The summed E-state index contributed by atoms with van der Waals surface area (Å²) in [6, 6.07) is 2.37. The summed E-state index contributed by atoms with van der Waals surface area (Å²) in [7, 11) is 0. The molecule has 10 heteroatoms. The fourth-order valence-corrected chi connectivity index (χ4v) is 1.93. The Morgan fingerprint density at radius 1 is 1.33 bits per heavy atom. The molecule has 0 spiro atoms. The van der Waals surface area contributed by atoms with Gasteiger partial charge in [0.2, 0.25) is 0 Å². The van der Waals surface area contributed by atoms with Gasteiger partial charge in [0.25, 0.3) is 5.91 Å². The average Bonchev–Trinajstić information content (AvgIpc) is 2.83. The van der Waals surface area contributed by atoms with Crippen LogP contribution >= 0.6 is 23.2 Å². The van der Waals surface area contributed by atoms with Crippen LogP contribution in [-0.2, 0) is 11.3 Å². The number of halogens is 3. The predicted octanol–water partition coefficient (Wildman–Crippen LogP) is 2.06. The Balaban J connectivity index is 2.14. The van der Waals surface area contributed by atoms with Gasteiger partial charge in [0, 0.05) is 5.69 Å². The fourth-order valence-electron chi connectivity index (χ4n) is 1.44. The van der Waals surface area contributed by atoms with E-state index in [1.807, 2.05) is 0 Å². The maximum absolute atomic E-state index is 13.2. The Kier molecular flexibility index (Phi) is 4.39. The molecule has 0 saturated carbocycles. The minimum atomic E-state index is -1.12. The first-order valence-electron chi connectivity index (χ1n) is 5.44. The highest BCUT2D eigenvalue weighted by molar-refractivity contribution is 6.35. The molecule has 110 valence electrons. The van der Waals surface area contributed by atoms with E-state index in [-0.39, 0.29) is 21.4 Å². The number of carbonyl (C=O) groups excluding carboxylic acids is 1. The highest BCUT2D eigenvalue weighted by Crippen LogP contribution is 2.27. The second-order valence-electron chi connectivity index (χ2n) is 3.90. The fraction of sp³-hybridized carbons (Fsp3) is 0.0909. The summed E-state index contributed by atoms with van der Waals surface area (Å²) in [6.45, 7) is -0.422. The van der Waals surface area contributed by atoms with Crippen molar-refractivity contribution in [1.29, 1.82) is 0 Å². The molecule has 1 heterocycles. The molecule has 0 aliphatic carbocycles. The van der Waals surface area contributed by atoms with Crippen LogP contribution in [0.1, 0.15) is 10.5 Å². The van der Waals surface area contributed by atoms with Gasteiger partial charge < -0.3 is 10.4 Å². The van der Waals surface area contributed by atoms with E-state index in [2.05, 4.69) is 15.6 Å². The molecule has 0 aliphatic heterocycles. The van der Waals surface area contributed by atoms with E-state index in [1.165, 1.54) is 12.1 Å². The quantitative estimate of drug-likeness (QED) is 0.835. The normalized spacial score (nSPS) is 10.4. The number of benzene rings is 1. The van der Waals surface area contributed by atoms with Crippen molar-refractivity contribution >= 4 is 40.8 Å². The second kappa shape index (κ2) is 6.06. The molecule has 0 unspecified atom stereocenters. The molecule has 2 aromatic rings. The summed E-state index contributed by atoms with van der Waals surface area (Å²) in [5.41, 5.74) is 0.0667. The molecule has 2 N–H and O–H groups in total. The van der Waals surface area contributed by atoms with E-state index in [0.29, 0.717) is 0 Å². The molecule has 7 nitrogen and oxygen atoms in total. The highest BCUT2D eigenvalue weighted by atomic mass is 35.5. The Hall–Kier alpha value is -2.19. The summed E-state index contributed by atoms with van der Waals surface area (Å²) >= 11 is 11.2. The molecule has 21 heavy (non-hydrogen) atoms. The third-order valence-electron chi connectivity index (χ3n) is 2.31. The van der Waals surface area contributed by atoms with Crippen molar-refractivity contribution in [1.82, 2.24) is 15.0 Å². The molecular weight excluding hydrogens is 326 g/mol. The zero-order valence-electron chi connectivity index (χ0n) is 10.2. The molecule has 0 fully saturated rings. The summed E-state index contributed by atoms with van der Waals surface area (Å²) < 4.78 is 14.2. The number of nitrogens with zero attached hydrogens (tertiary/aromatic N) is 3. The topological polar surface area (TPSA) is 97.1 Å². The van der Waals surface area contributed by atoms with Crippen LogP contribution in [0.4, 0.5) is 10.1 Å². The molecule has 1 aromatic heterocycles. The molecule has 0 saturated heterocycles. The van der Waals surface area contributed by atoms with Gasteiger partial charge in [-0.3, -0.25) is 9.59 Å². The maximum Gasteiger partial charge on any atom is 0.325 e. The van der Waals surface area contributed by atoms with E-state index in [0.717, 1.165) is 10.9 Å². The molecule has 0 atom stereocenters. The molecule has 0 bridgehead atoms. The molecule has 1 amide bonds. The highest BCUT2D eigenvalue weighted by Gasteiger charge is 2.14. The Bertz CT molecular complexity index is 696. The number of carboxylic acids is 1. The van der Waals surface area contributed by atoms with Crippen LogP contribution < -0.4 is 5.32 Å². The average molecular weight is 333 g/mol. The van der Waals surface area contributed by atoms with Crippen LogP contribution in [0.15, 0.2) is 18.3 Å². The van der Waals surface area contributed by atoms with E-state index < -0.39 is 24.2 Å². The maximum atomic E-state index is 13.2. The van der Waals surface area contributed by atoms with Gasteiger partial charge in [-0.25, -0.2) is 9.07 Å². The van der Waals surface area contributed by atoms with Crippen molar-refractivity contribution in [3.63, 3.8) is 0 Å². The summed E-state index contributed by atoms with van der Waals surface area (Å²) in [5.74, 6) is -2.57. The van der Waals surface area contributed by atoms with Gasteiger partial charge in [-0.1, -0.05) is 28.4 Å². The number of hydrogen-bond donors (Lipinski definition) is 2. The van der Waals surface area contributed by atoms with Gasteiger partial charge >= 0.3 is 5.97 Å². The Morgan fingerprint density at radius 2 is 1.95 bits per heavy atom. The molecule has 2 rings (SSSR count). The van der Waals surface area contributed by atoms with Crippen LogP contribution in [0.25, 0.3) is 0 Å². The second-order valence-corrected chi connectivity index (χ2v) is 4.72. The third kappa shape index (κ3) is 3.67. The van der Waals surface area contributed by atoms with Crippen molar-refractivity contribution in [2.24, 2.45) is 0 Å². The number of rotatable bonds is 4. The van der Waals surface area contributed by atoms with E-state index >= 15 is 0 Å². The van der Waals surface area contributed by atoms with Gasteiger partial charge in [-0.05, 0) is 12.1 Å². The molecule has 0 radical (unpaired) electrons. The molecule has 0 aliphatic rings. The van der Waals surface area contributed by atoms with Crippen LogP contribution in [0.3, 0.4) is 0 Å².